The second kappa shape index (κ2) is 24.6. The van der Waals surface area contributed by atoms with E-state index in [1.165, 1.54) is 0 Å². The zero-order valence-corrected chi connectivity index (χ0v) is 32.0. The summed E-state index contributed by atoms with van der Waals surface area (Å²) in [5, 5.41) is 0. The molecule has 2 atom stereocenters. The van der Waals surface area contributed by atoms with Crippen LogP contribution in [0.2, 0.25) is 0 Å². The molecule has 2 aliphatic heterocycles. The minimum absolute atomic E-state index is 0.114. The highest BCUT2D eigenvalue weighted by molar-refractivity contribution is 5.46. The van der Waals surface area contributed by atoms with Crippen LogP contribution >= 0.6 is 0 Å². The van der Waals surface area contributed by atoms with Gasteiger partial charge in [-0.15, -0.1) is 0 Å². The number of ether oxygens (including phenoxy) is 9. The molecule has 51 heavy (non-hydrogen) atoms. The summed E-state index contributed by atoms with van der Waals surface area (Å²) < 4.78 is 53.2. The largest absolute Gasteiger partial charge is 0.454 e. The minimum atomic E-state index is -0.114. The minimum Gasteiger partial charge on any atom is -0.454 e. The molecule has 0 fully saturated rings. The number of benzene rings is 2. The van der Waals surface area contributed by atoms with E-state index in [0.717, 1.165) is 164 Å². The van der Waals surface area contributed by atoms with E-state index in [1.807, 2.05) is 12.1 Å². The van der Waals surface area contributed by atoms with E-state index in [0.29, 0.717) is 11.8 Å². The smallest absolute Gasteiger partial charge is 0.231 e. The van der Waals surface area contributed by atoms with E-state index in [-0.39, 0.29) is 25.8 Å². The van der Waals surface area contributed by atoms with Gasteiger partial charge in [0.05, 0.1) is 12.2 Å². The van der Waals surface area contributed by atoms with Crippen molar-refractivity contribution in [2.24, 2.45) is 11.8 Å². The normalized spacial score (nSPS) is 14.5. The van der Waals surface area contributed by atoms with Gasteiger partial charge >= 0.3 is 0 Å². The van der Waals surface area contributed by atoms with Crippen LogP contribution in [0.5, 0.6) is 23.0 Å². The molecule has 9 nitrogen and oxygen atoms in total. The Hall–Kier alpha value is -2.56. The molecule has 2 heterocycles. The summed E-state index contributed by atoms with van der Waals surface area (Å²) in [6.45, 7) is 15.8. The Kier molecular flexibility index (Phi) is 19.9. The monoisotopic (exact) mass is 714 g/mol. The van der Waals surface area contributed by atoms with Crippen LogP contribution in [0.15, 0.2) is 36.4 Å². The second-order valence-corrected chi connectivity index (χ2v) is 14.6. The second-order valence-electron chi connectivity index (χ2n) is 14.6. The number of unbranched alkanes of at least 4 members (excludes halogenated alkanes) is 4. The third-order valence-corrected chi connectivity index (χ3v) is 9.21. The lowest BCUT2D eigenvalue weighted by atomic mass is 9.99. The van der Waals surface area contributed by atoms with Gasteiger partial charge in [0.2, 0.25) is 13.6 Å². The van der Waals surface area contributed by atoms with Crippen LogP contribution in [0.1, 0.15) is 128 Å². The molecule has 288 valence electrons. The van der Waals surface area contributed by atoms with Crippen molar-refractivity contribution < 1.29 is 42.6 Å². The molecular weight excluding hydrogens is 648 g/mol. The van der Waals surface area contributed by atoms with E-state index >= 15 is 0 Å². The molecule has 2 aliphatic rings. The highest BCUT2D eigenvalue weighted by Crippen LogP contribution is 2.41. The molecule has 0 aromatic heterocycles. The molecule has 2 aromatic carbocycles. The number of rotatable bonds is 30. The molecule has 0 radical (unpaired) electrons. The highest BCUT2D eigenvalue weighted by atomic mass is 16.7. The average molecular weight is 715 g/mol. The van der Waals surface area contributed by atoms with Gasteiger partial charge in [0, 0.05) is 52.9 Å². The quantitative estimate of drug-likeness (QED) is 0.0735. The van der Waals surface area contributed by atoms with Crippen LogP contribution < -0.4 is 18.9 Å². The summed E-state index contributed by atoms with van der Waals surface area (Å²) in [6, 6.07) is 12.4. The first-order valence-corrected chi connectivity index (χ1v) is 19.7. The molecule has 0 bridgehead atoms. The third-order valence-electron chi connectivity index (χ3n) is 9.21. The molecule has 0 saturated carbocycles. The maximum Gasteiger partial charge on any atom is 0.231 e. The zero-order chi connectivity index (χ0) is 35.9. The molecule has 0 aliphatic carbocycles. The first kappa shape index (κ1) is 41.2. The number of hydrogen-bond donors (Lipinski definition) is 0. The molecule has 2 unspecified atom stereocenters. The molecule has 0 amide bonds. The summed E-state index contributed by atoms with van der Waals surface area (Å²) in [5.74, 6) is 4.49. The van der Waals surface area contributed by atoms with Crippen LogP contribution in [0.3, 0.4) is 0 Å². The molecule has 0 N–H and O–H groups in total. The van der Waals surface area contributed by atoms with Gasteiger partial charge in [-0.25, -0.2) is 0 Å². The van der Waals surface area contributed by atoms with Crippen molar-refractivity contribution in [3.8, 4) is 23.0 Å². The van der Waals surface area contributed by atoms with Crippen molar-refractivity contribution >= 4 is 0 Å². The fourth-order valence-corrected chi connectivity index (χ4v) is 5.98. The van der Waals surface area contributed by atoms with Crippen molar-refractivity contribution in [1.29, 1.82) is 0 Å². The number of hydrogen-bond acceptors (Lipinski definition) is 9. The lowest BCUT2D eigenvalue weighted by molar-refractivity contribution is -0.0280. The van der Waals surface area contributed by atoms with E-state index in [4.69, 9.17) is 42.6 Å². The van der Waals surface area contributed by atoms with Crippen LogP contribution in [0, 0.1) is 11.8 Å². The summed E-state index contributed by atoms with van der Waals surface area (Å²) in [5.41, 5.74) is 2.19. The van der Waals surface area contributed by atoms with Crippen LogP contribution in [-0.2, 0) is 23.7 Å². The molecule has 4 rings (SSSR count). The van der Waals surface area contributed by atoms with Crippen LogP contribution in [-0.4, -0.2) is 66.4 Å². The fraction of sp³-hybridized carbons (Fsp3) is 0.714. The Morgan fingerprint density at radius 3 is 1.18 bits per heavy atom. The standard InChI is InChI=1S/C42H66O9/c1-33(2)19-27-45-25-11-9-23-43-21-7-5-13-37(35-15-17-39-41(29-35)49-31-47-39)51-38(36-16-18-40-42(30-36)50-32-48-40)14-6-8-22-44-24-10-12-26-46-28-20-34(3)4/h15-18,29-30,33-34,37-38H,5-14,19-28,31-32H2,1-4H3. The van der Waals surface area contributed by atoms with Crippen LogP contribution in [0.4, 0.5) is 0 Å². The SMILES string of the molecule is CC(C)CCOCCCCOCCCCC(OC(CCCCOCCCCOCCC(C)C)c1ccc2c(c1)OCO2)c1ccc2c(c1)OCO2. The summed E-state index contributed by atoms with van der Waals surface area (Å²) >= 11 is 0. The van der Waals surface area contributed by atoms with E-state index in [2.05, 4.69) is 52.0 Å². The van der Waals surface area contributed by atoms with Crippen molar-refractivity contribution in [1.82, 2.24) is 0 Å². The Labute approximate surface area is 307 Å². The van der Waals surface area contributed by atoms with Crippen molar-refractivity contribution in [3.63, 3.8) is 0 Å². The van der Waals surface area contributed by atoms with Crippen molar-refractivity contribution in [3.05, 3.63) is 47.5 Å². The predicted octanol–water partition coefficient (Wildman–Crippen LogP) is 10.0. The average Bonchev–Trinajstić information content (AvgIpc) is 3.80. The topological polar surface area (TPSA) is 83.1 Å². The van der Waals surface area contributed by atoms with Crippen molar-refractivity contribution in [2.75, 3.05) is 66.4 Å². The lowest BCUT2D eigenvalue weighted by Gasteiger charge is -2.26. The maximum atomic E-state index is 7.05. The fourth-order valence-electron chi connectivity index (χ4n) is 5.98. The summed E-state index contributed by atoms with van der Waals surface area (Å²) in [6.07, 6.45) is 11.8. The Balaban J connectivity index is 1.25. The van der Waals surface area contributed by atoms with E-state index in [1.54, 1.807) is 0 Å². The van der Waals surface area contributed by atoms with Gasteiger partial charge in [-0.1, -0.05) is 39.8 Å². The Morgan fingerprint density at radius 1 is 0.431 bits per heavy atom. The van der Waals surface area contributed by atoms with Gasteiger partial charge in [-0.3, -0.25) is 0 Å². The molecule has 0 saturated heterocycles. The van der Waals surface area contributed by atoms with Gasteiger partial charge in [0.25, 0.3) is 0 Å². The van der Waals surface area contributed by atoms with Gasteiger partial charge < -0.3 is 42.6 Å². The predicted molar refractivity (Wildman–Crippen MR) is 200 cm³/mol. The molecule has 9 heteroatoms. The summed E-state index contributed by atoms with van der Waals surface area (Å²) in [7, 11) is 0. The maximum absolute atomic E-state index is 7.05. The first-order valence-electron chi connectivity index (χ1n) is 19.7. The molecule has 2 aromatic rings. The van der Waals surface area contributed by atoms with Crippen LogP contribution in [0.25, 0.3) is 0 Å². The third kappa shape index (κ3) is 16.3. The summed E-state index contributed by atoms with van der Waals surface area (Å²) in [4.78, 5) is 0. The molecular formula is C42H66O9. The lowest BCUT2D eigenvalue weighted by Crippen LogP contribution is -2.12. The van der Waals surface area contributed by atoms with Gasteiger partial charge in [0.15, 0.2) is 23.0 Å². The number of fused-ring (bicyclic) bond motifs is 2. The van der Waals surface area contributed by atoms with Gasteiger partial charge in [0.1, 0.15) is 0 Å². The first-order chi connectivity index (χ1) is 25.0. The zero-order valence-electron chi connectivity index (χ0n) is 32.0. The van der Waals surface area contributed by atoms with Gasteiger partial charge in [-0.2, -0.15) is 0 Å². The van der Waals surface area contributed by atoms with Gasteiger partial charge in [-0.05, 0) is 124 Å². The highest BCUT2D eigenvalue weighted by Gasteiger charge is 2.25. The Bertz CT molecular complexity index is 1110. The van der Waals surface area contributed by atoms with E-state index < -0.39 is 0 Å². The Morgan fingerprint density at radius 2 is 0.784 bits per heavy atom. The van der Waals surface area contributed by atoms with E-state index in [9.17, 15) is 0 Å². The van der Waals surface area contributed by atoms with Crippen molar-refractivity contribution in [2.45, 2.75) is 117 Å². The molecule has 0 spiro atoms.